The molecule has 0 spiro atoms. The summed E-state index contributed by atoms with van der Waals surface area (Å²) in [7, 11) is -3.76. The van der Waals surface area contributed by atoms with Crippen LogP contribution in [0.4, 0.5) is 0 Å². The van der Waals surface area contributed by atoms with E-state index in [1.54, 1.807) is 32.9 Å². The van der Waals surface area contributed by atoms with Crippen LogP contribution in [0.25, 0.3) is 0 Å². The van der Waals surface area contributed by atoms with Gasteiger partial charge < -0.3 is 4.79 Å². The van der Waals surface area contributed by atoms with E-state index in [1.165, 1.54) is 12.1 Å². The van der Waals surface area contributed by atoms with Crippen molar-refractivity contribution in [1.29, 1.82) is 0 Å². The summed E-state index contributed by atoms with van der Waals surface area (Å²) in [6.45, 7) is 6.61. The Labute approximate surface area is 120 Å². The normalized spacial score (nSPS) is 11.8. The van der Waals surface area contributed by atoms with Crippen LogP contribution in [0.5, 0.6) is 0 Å². The molecule has 0 aliphatic rings. The zero-order valence-corrected chi connectivity index (χ0v) is 13.0. The number of sulfonamides is 1. The van der Waals surface area contributed by atoms with E-state index in [4.69, 9.17) is 0 Å². The SMILES string of the molecule is CC#CCN(C(C)(C)C=O)S(=O)(=O)c1ccc(C)cc1. The summed E-state index contributed by atoms with van der Waals surface area (Å²) in [5.74, 6) is 5.37. The van der Waals surface area contributed by atoms with Gasteiger partial charge in [-0.2, -0.15) is 4.31 Å². The molecule has 0 saturated heterocycles. The molecular weight excluding hydrogens is 274 g/mol. The Balaban J connectivity index is 3.33. The molecule has 20 heavy (non-hydrogen) atoms. The average Bonchev–Trinajstić information content (AvgIpc) is 2.39. The van der Waals surface area contributed by atoms with Crippen molar-refractivity contribution in [3.63, 3.8) is 0 Å². The molecule has 0 unspecified atom stereocenters. The molecular formula is C15H19NO3S. The highest BCUT2D eigenvalue weighted by molar-refractivity contribution is 7.89. The summed E-state index contributed by atoms with van der Waals surface area (Å²) in [5.41, 5.74) is -0.174. The molecule has 0 amide bonds. The van der Waals surface area contributed by atoms with Gasteiger partial charge in [0.25, 0.3) is 0 Å². The molecule has 4 nitrogen and oxygen atoms in total. The van der Waals surface area contributed by atoms with Crippen molar-refractivity contribution in [2.24, 2.45) is 0 Å². The number of carbonyl (C=O) groups excluding carboxylic acids is 1. The summed E-state index contributed by atoms with van der Waals surface area (Å²) in [6.07, 6.45) is 0.621. The lowest BCUT2D eigenvalue weighted by atomic mass is 10.1. The fourth-order valence-electron chi connectivity index (χ4n) is 1.65. The second-order valence-electron chi connectivity index (χ2n) is 5.02. The standard InChI is InChI=1S/C15H19NO3S/c1-5-6-11-16(15(3,4)12-17)20(18,19)14-9-7-13(2)8-10-14/h7-10,12H,11H2,1-4H3. The zero-order valence-electron chi connectivity index (χ0n) is 12.2. The highest BCUT2D eigenvalue weighted by Gasteiger charge is 2.36. The highest BCUT2D eigenvalue weighted by Crippen LogP contribution is 2.23. The maximum absolute atomic E-state index is 12.7. The van der Waals surface area contributed by atoms with Crippen LogP contribution < -0.4 is 0 Å². The number of carbonyl (C=O) groups is 1. The molecule has 5 heteroatoms. The minimum Gasteiger partial charge on any atom is -0.301 e. The van der Waals surface area contributed by atoms with E-state index in [2.05, 4.69) is 11.8 Å². The second-order valence-corrected chi connectivity index (χ2v) is 6.89. The maximum Gasteiger partial charge on any atom is 0.244 e. The Morgan fingerprint density at radius 2 is 1.80 bits per heavy atom. The van der Waals surface area contributed by atoms with Crippen LogP contribution in [0.3, 0.4) is 0 Å². The zero-order chi connectivity index (χ0) is 15.4. The molecule has 0 bridgehead atoms. The van der Waals surface area contributed by atoms with Crippen LogP contribution in [0.15, 0.2) is 29.2 Å². The van der Waals surface area contributed by atoms with Gasteiger partial charge in [-0.05, 0) is 39.8 Å². The molecule has 1 rings (SSSR count). The molecule has 0 aliphatic heterocycles. The first-order chi connectivity index (χ1) is 9.25. The molecule has 0 fully saturated rings. The van der Waals surface area contributed by atoms with E-state index in [0.717, 1.165) is 9.87 Å². The Morgan fingerprint density at radius 3 is 2.25 bits per heavy atom. The number of hydrogen-bond acceptors (Lipinski definition) is 3. The molecule has 0 aliphatic carbocycles. The second kappa shape index (κ2) is 6.21. The number of rotatable bonds is 5. The van der Waals surface area contributed by atoms with Crippen LogP contribution >= 0.6 is 0 Å². The number of aldehydes is 1. The van der Waals surface area contributed by atoms with Crippen molar-refractivity contribution >= 4 is 16.3 Å². The van der Waals surface area contributed by atoms with Gasteiger partial charge >= 0.3 is 0 Å². The smallest absolute Gasteiger partial charge is 0.244 e. The molecule has 108 valence electrons. The summed E-state index contributed by atoms with van der Waals surface area (Å²) in [6, 6.07) is 6.53. The Morgan fingerprint density at radius 1 is 1.25 bits per heavy atom. The molecule has 1 aromatic carbocycles. The number of aryl methyl sites for hydroxylation is 1. The summed E-state index contributed by atoms with van der Waals surface area (Å²) < 4.78 is 26.4. The van der Waals surface area contributed by atoms with Gasteiger partial charge in [-0.25, -0.2) is 8.42 Å². The quantitative estimate of drug-likeness (QED) is 0.616. The third-order valence-corrected chi connectivity index (χ3v) is 4.99. The molecule has 0 aromatic heterocycles. The third kappa shape index (κ3) is 3.47. The van der Waals surface area contributed by atoms with Crippen molar-refractivity contribution in [1.82, 2.24) is 4.31 Å². The van der Waals surface area contributed by atoms with Crippen LogP contribution in [0.1, 0.15) is 26.3 Å². The monoisotopic (exact) mass is 293 g/mol. The Hall–Kier alpha value is -1.64. The predicted octanol–water partition coefficient (Wildman–Crippen LogP) is 1.99. The van der Waals surface area contributed by atoms with Gasteiger partial charge in [0.1, 0.15) is 6.29 Å². The van der Waals surface area contributed by atoms with E-state index in [0.29, 0.717) is 6.29 Å². The summed E-state index contributed by atoms with van der Waals surface area (Å²) in [5, 5.41) is 0. The number of nitrogens with zero attached hydrogens (tertiary/aromatic N) is 1. The third-order valence-electron chi connectivity index (χ3n) is 2.94. The van der Waals surface area contributed by atoms with E-state index in [-0.39, 0.29) is 11.4 Å². The largest absolute Gasteiger partial charge is 0.301 e. The van der Waals surface area contributed by atoms with Crippen molar-refractivity contribution in [2.45, 2.75) is 38.1 Å². The Bertz CT molecular complexity index is 634. The topological polar surface area (TPSA) is 54.5 Å². The number of benzene rings is 1. The van der Waals surface area contributed by atoms with Gasteiger partial charge in [0, 0.05) is 0 Å². The average molecular weight is 293 g/mol. The molecule has 0 radical (unpaired) electrons. The molecule has 0 saturated carbocycles. The van der Waals surface area contributed by atoms with Crippen molar-refractivity contribution in [3.05, 3.63) is 29.8 Å². The molecule has 1 aromatic rings. The van der Waals surface area contributed by atoms with E-state index < -0.39 is 15.6 Å². The van der Waals surface area contributed by atoms with E-state index in [9.17, 15) is 13.2 Å². The van der Waals surface area contributed by atoms with E-state index in [1.807, 2.05) is 6.92 Å². The predicted molar refractivity (Wildman–Crippen MR) is 78.7 cm³/mol. The van der Waals surface area contributed by atoms with Crippen LogP contribution in [-0.4, -0.2) is 31.1 Å². The fourth-order valence-corrected chi connectivity index (χ4v) is 3.28. The highest BCUT2D eigenvalue weighted by atomic mass is 32.2. The molecule has 0 N–H and O–H groups in total. The fraction of sp³-hybridized carbons (Fsp3) is 0.400. The maximum atomic E-state index is 12.7. The minimum absolute atomic E-state index is 0.0154. The van der Waals surface area contributed by atoms with Crippen molar-refractivity contribution in [2.75, 3.05) is 6.54 Å². The first-order valence-electron chi connectivity index (χ1n) is 6.21. The first-order valence-corrected chi connectivity index (χ1v) is 7.65. The lowest BCUT2D eigenvalue weighted by molar-refractivity contribution is -0.114. The lowest BCUT2D eigenvalue weighted by Gasteiger charge is -2.31. The van der Waals surface area contributed by atoms with Crippen LogP contribution in [0.2, 0.25) is 0 Å². The first kappa shape index (κ1) is 16.4. The minimum atomic E-state index is -3.76. The molecule has 0 atom stereocenters. The van der Waals surface area contributed by atoms with Gasteiger partial charge in [0.05, 0.1) is 17.0 Å². The van der Waals surface area contributed by atoms with Gasteiger partial charge in [-0.3, -0.25) is 0 Å². The van der Waals surface area contributed by atoms with Crippen LogP contribution in [-0.2, 0) is 14.8 Å². The lowest BCUT2D eigenvalue weighted by Crippen LogP contribution is -2.49. The van der Waals surface area contributed by atoms with Gasteiger partial charge in [-0.1, -0.05) is 23.6 Å². The van der Waals surface area contributed by atoms with Gasteiger partial charge in [0.2, 0.25) is 10.0 Å². The number of hydrogen-bond donors (Lipinski definition) is 0. The van der Waals surface area contributed by atoms with Gasteiger partial charge in [-0.15, -0.1) is 5.92 Å². The van der Waals surface area contributed by atoms with Crippen molar-refractivity contribution < 1.29 is 13.2 Å². The van der Waals surface area contributed by atoms with Gasteiger partial charge in [0.15, 0.2) is 0 Å². The van der Waals surface area contributed by atoms with Crippen LogP contribution in [0, 0.1) is 18.8 Å². The molecule has 0 heterocycles. The summed E-state index contributed by atoms with van der Waals surface area (Å²) in [4.78, 5) is 11.4. The van der Waals surface area contributed by atoms with E-state index >= 15 is 0 Å². The Kier molecular flexibility index (Phi) is 5.09. The van der Waals surface area contributed by atoms with Crippen molar-refractivity contribution in [3.8, 4) is 11.8 Å². The summed E-state index contributed by atoms with van der Waals surface area (Å²) >= 11 is 0.